The maximum atomic E-state index is 6.49. The van der Waals surface area contributed by atoms with Crippen LogP contribution in [-0.4, -0.2) is 28.0 Å². The normalized spacial score (nSPS) is 23.4. The molecule has 0 amide bonds. The summed E-state index contributed by atoms with van der Waals surface area (Å²) in [5, 5.41) is 0. The third-order valence-corrected chi connectivity index (χ3v) is 11.1. The van der Waals surface area contributed by atoms with E-state index in [9.17, 15) is 0 Å². The highest BCUT2D eigenvalue weighted by atomic mass is 79.9. The third kappa shape index (κ3) is 4.92. The van der Waals surface area contributed by atoms with E-state index in [1.807, 2.05) is 0 Å². The van der Waals surface area contributed by atoms with Crippen molar-refractivity contribution in [1.29, 1.82) is 0 Å². The maximum absolute atomic E-state index is 6.49. The van der Waals surface area contributed by atoms with Gasteiger partial charge in [-0.1, -0.05) is 127 Å². The molecule has 0 saturated carbocycles. The largest absolute Gasteiger partial charge is 0.494 e. The molecular formula is C31H43BBr2O2. The maximum Gasteiger partial charge on any atom is 0.494 e. The molecule has 0 bridgehead atoms. The molecule has 0 N–H and O–H groups in total. The molecule has 1 aliphatic heterocycles. The Labute approximate surface area is 236 Å². The van der Waals surface area contributed by atoms with Crippen LogP contribution in [0.2, 0.25) is 0 Å². The smallest absolute Gasteiger partial charge is 0.399 e. The number of alkyl halides is 2. The predicted octanol–water partition coefficient (Wildman–Crippen LogP) is 8.94. The molecule has 0 spiro atoms. The number of fused-ring (bicyclic) bond motifs is 3. The number of benzene rings is 2. The zero-order valence-corrected chi connectivity index (χ0v) is 26.2. The van der Waals surface area contributed by atoms with E-state index in [2.05, 4.69) is 116 Å². The van der Waals surface area contributed by atoms with E-state index in [-0.39, 0.29) is 23.7 Å². The Morgan fingerprint density at radius 2 is 1.25 bits per heavy atom. The third-order valence-electron chi connectivity index (χ3n) is 8.79. The summed E-state index contributed by atoms with van der Waals surface area (Å²) in [5.41, 5.74) is 5.84. The van der Waals surface area contributed by atoms with Crippen LogP contribution in [0.25, 0.3) is 11.1 Å². The van der Waals surface area contributed by atoms with Crippen LogP contribution in [0.5, 0.6) is 0 Å². The van der Waals surface area contributed by atoms with Gasteiger partial charge in [0, 0.05) is 15.1 Å². The number of hydrogen-bond donors (Lipinski definition) is 0. The molecule has 2 aromatic rings. The summed E-state index contributed by atoms with van der Waals surface area (Å²) in [6.07, 6.45) is 9.78. The first-order chi connectivity index (χ1) is 17.1. The van der Waals surface area contributed by atoms with Crippen LogP contribution in [0.1, 0.15) is 104 Å². The summed E-state index contributed by atoms with van der Waals surface area (Å²) in [7, 11) is -0.357. The van der Waals surface area contributed by atoms with Crippen LogP contribution < -0.4 is 5.46 Å². The van der Waals surface area contributed by atoms with Gasteiger partial charge in [-0.3, -0.25) is 0 Å². The Bertz CT molecular complexity index is 1020. The van der Waals surface area contributed by atoms with E-state index in [1.54, 1.807) is 0 Å². The number of halogens is 2. The Morgan fingerprint density at radius 1 is 0.722 bits per heavy atom. The summed E-state index contributed by atoms with van der Waals surface area (Å²) >= 11 is 8.59. The van der Waals surface area contributed by atoms with Crippen molar-refractivity contribution >= 4 is 44.4 Å². The molecule has 2 unspecified atom stereocenters. The van der Waals surface area contributed by atoms with Crippen LogP contribution in [0.3, 0.4) is 0 Å². The topological polar surface area (TPSA) is 18.5 Å². The zero-order valence-electron chi connectivity index (χ0n) is 23.0. The molecule has 2 aromatic carbocycles. The molecule has 0 aromatic heterocycles. The molecule has 196 valence electrons. The van der Waals surface area contributed by atoms with Crippen molar-refractivity contribution in [2.24, 2.45) is 0 Å². The van der Waals surface area contributed by atoms with Crippen molar-refractivity contribution in [3.8, 4) is 11.1 Å². The Hall–Kier alpha value is -0.615. The monoisotopic (exact) mass is 616 g/mol. The van der Waals surface area contributed by atoms with Crippen molar-refractivity contribution in [3.63, 3.8) is 0 Å². The summed E-state index contributed by atoms with van der Waals surface area (Å²) in [6, 6.07) is 16.0. The van der Waals surface area contributed by atoms with Gasteiger partial charge in [0.15, 0.2) is 0 Å². The van der Waals surface area contributed by atoms with Crippen molar-refractivity contribution in [3.05, 3.63) is 53.6 Å². The molecule has 36 heavy (non-hydrogen) atoms. The van der Waals surface area contributed by atoms with E-state index in [0.29, 0.717) is 9.65 Å². The fraction of sp³-hybridized carbons (Fsp3) is 0.613. The number of unbranched alkanes of at least 4 members (excludes halogenated alkanes) is 4. The second kappa shape index (κ2) is 11.2. The standard InChI is InChI=1S/C31H43BBr2O2/c1-7-9-11-17-27(33)31(28(34)18-12-10-8-2)25-16-14-13-15-23(25)24-20-19-22(21-26(24)31)32-35-29(3,4)30(5,6)36-32/h13-16,19-21,27-28H,7-12,17-18H2,1-6H3. The molecule has 4 rings (SSSR count). The first-order valence-corrected chi connectivity index (χ1v) is 15.8. The van der Waals surface area contributed by atoms with Gasteiger partial charge in [0.1, 0.15) is 0 Å². The fourth-order valence-corrected chi connectivity index (χ4v) is 8.59. The highest BCUT2D eigenvalue weighted by Gasteiger charge is 2.54. The Morgan fingerprint density at radius 3 is 1.81 bits per heavy atom. The van der Waals surface area contributed by atoms with Gasteiger partial charge in [-0.2, -0.15) is 0 Å². The van der Waals surface area contributed by atoms with Gasteiger partial charge < -0.3 is 9.31 Å². The Kier molecular flexibility index (Phi) is 8.87. The highest BCUT2D eigenvalue weighted by molar-refractivity contribution is 9.10. The van der Waals surface area contributed by atoms with Crippen LogP contribution in [0.4, 0.5) is 0 Å². The highest BCUT2D eigenvalue weighted by Crippen LogP contribution is 2.57. The van der Waals surface area contributed by atoms with Gasteiger partial charge in [0.2, 0.25) is 0 Å². The average Bonchev–Trinajstić information content (AvgIpc) is 3.26. The lowest BCUT2D eigenvalue weighted by Crippen LogP contribution is -2.45. The molecule has 2 atom stereocenters. The van der Waals surface area contributed by atoms with Crippen molar-refractivity contribution in [1.82, 2.24) is 0 Å². The van der Waals surface area contributed by atoms with Gasteiger partial charge in [-0.25, -0.2) is 0 Å². The fourth-order valence-electron chi connectivity index (χ4n) is 5.96. The minimum absolute atomic E-state index is 0.146. The van der Waals surface area contributed by atoms with E-state index < -0.39 is 0 Å². The van der Waals surface area contributed by atoms with Gasteiger partial charge in [0.25, 0.3) is 0 Å². The second-order valence-electron chi connectivity index (χ2n) is 11.7. The Balaban J connectivity index is 1.84. The lowest BCUT2D eigenvalue weighted by molar-refractivity contribution is 0.00578. The van der Waals surface area contributed by atoms with Crippen molar-refractivity contribution in [2.45, 2.75) is 119 Å². The summed E-state index contributed by atoms with van der Waals surface area (Å²) in [5.74, 6) is 0. The first-order valence-electron chi connectivity index (χ1n) is 14.0. The number of hydrogen-bond acceptors (Lipinski definition) is 2. The van der Waals surface area contributed by atoms with Crippen LogP contribution in [-0.2, 0) is 14.7 Å². The molecule has 1 heterocycles. The van der Waals surface area contributed by atoms with Crippen LogP contribution >= 0.6 is 31.9 Å². The van der Waals surface area contributed by atoms with E-state index in [0.717, 1.165) is 18.3 Å². The minimum atomic E-state index is -0.357. The summed E-state index contributed by atoms with van der Waals surface area (Å²) in [6.45, 7) is 13.1. The SMILES string of the molecule is CCCCCC(Br)C1(C(Br)CCCCC)c2ccccc2-c2ccc(B3OC(C)(C)C(C)(C)O3)cc21. The molecule has 1 fully saturated rings. The quantitative estimate of drug-likeness (QED) is 0.142. The van der Waals surface area contributed by atoms with Crippen LogP contribution in [0.15, 0.2) is 42.5 Å². The number of rotatable bonds is 11. The van der Waals surface area contributed by atoms with Crippen LogP contribution in [0, 0.1) is 0 Å². The molecule has 5 heteroatoms. The molecule has 1 saturated heterocycles. The lowest BCUT2D eigenvalue weighted by Gasteiger charge is -2.41. The van der Waals surface area contributed by atoms with Gasteiger partial charge in [0.05, 0.1) is 11.2 Å². The van der Waals surface area contributed by atoms with Crippen molar-refractivity contribution in [2.75, 3.05) is 0 Å². The van der Waals surface area contributed by atoms with Crippen molar-refractivity contribution < 1.29 is 9.31 Å². The average molecular weight is 618 g/mol. The molecule has 0 radical (unpaired) electrons. The molecular weight excluding hydrogens is 575 g/mol. The second-order valence-corrected chi connectivity index (χ2v) is 13.9. The van der Waals surface area contributed by atoms with E-state index >= 15 is 0 Å². The zero-order chi connectivity index (χ0) is 26.1. The molecule has 2 nitrogen and oxygen atoms in total. The first kappa shape index (κ1) is 28.4. The lowest BCUT2D eigenvalue weighted by atomic mass is 9.68. The predicted molar refractivity (Wildman–Crippen MR) is 162 cm³/mol. The summed E-state index contributed by atoms with van der Waals surface area (Å²) in [4.78, 5) is 0.664. The minimum Gasteiger partial charge on any atom is -0.399 e. The van der Waals surface area contributed by atoms with E-state index in [1.165, 1.54) is 60.8 Å². The van der Waals surface area contributed by atoms with Gasteiger partial charge in [-0.05, 0) is 68.3 Å². The molecule has 1 aliphatic carbocycles. The van der Waals surface area contributed by atoms with Gasteiger partial charge >= 0.3 is 7.12 Å². The summed E-state index contributed by atoms with van der Waals surface area (Å²) < 4.78 is 13.0. The van der Waals surface area contributed by atoms with E-state index in [4.69, 9.17) is 9.31 Å². The van der Waals surface area contributed by atoms with Gasteiger partial charge in [-0.15, -0.1) is 0 Å². The molecule has 2 aliphatic rings.